The number of carbonyl (C=O) groups excluding carboxylic acids is 1. The lowest BCUT2D eigenvalue weighted by Crippen LogP contribution is -2.24. The summed E-state index contributed by atoms with van der Waals surface area (Å²) in [5, 5.41) is 3.69. The van der Waals surface area contributed by atoms with Crippen molar-refractivity contribution in [2.45, 2.75) is 0 Å². The number of para-hydroxylation sites is 1. The van der Waals surface area contributed by atoms with Crippen LogP contribution in [0.4, 0.5) is 4.39 Å². The summed E-state index contributed by atoms with van der Waals surface area (Å²) >= 11 is 0. The highest BCUT2D eigenvalue weighted by Crippen LogP contribution is 2.09. The van der Waals surface area contributed by atoms with Gasteiger partial charge in [-0.15, -0.1) is 5.10 Å². The Labute approximate surface area is 95.1 Å². The third-order valence-corrected chi connectivity index (χ3v) is 2.28. The Balaban J connectivity index is 2.70. The second-order valence-electron chi connectivity index (χ2n) is 3.39. The fourth-order valence-electron chi connectivity index (χ4n) is 1.43. The number of aromatic nitrogens is 3. The second-order valence-corrected chi connectivity index (χ2v) is 3.39. The van der Waals surface area contributed by atoms with Gasteiger partial charge in [0.2, 0.25) is 5.82 Å². The number of rotatable bonds is 2. The van der Waals surface area contributed by atoms with Crippen LogP contribution < -0.4 is 11.4 Å². The molecule has 0 spiro atoms. The smallest absolute Gasteiger partial charge is 0.350 e. The minimum atomic E-state index is -0.848. The van der Waals surface area contributed by atoms with Crippen molar-refractivity contribution in [2.24, 2.45) is 12.8 Å². The van der Waals surface area contributed by atoms with Crippen molar-refractivity contribution < 1.29 is 9.18 Å². The molecule has 0 fully saturated rings. The van der Waals surface area contributed by atoms with Crippen molar-refractivity contribution in [3.8, 4) is 5.69 Å². The van der Waals surface area contributed by atoms with E-state index in [0.717, 1.165) is 9.25 Å². The number of carbonyl (C=O) groups is 1. The lowest BCUT2D eigenvalue weighted by atomic mass is 10.3. The van der Waals surface area contributed by atoms with Gasteiger partial charge in [-0.1, -0.05) is 12.1 Å². The SMILES string of the molecule is Cn1c(C(N)=O)nn(-c2ccccc2F)c1=O. The predicted octanol–water partition coefficient (Wildman–Crippen LogP) is -0.191. The molecule has 0 unspecified atom stereocenters. The number of nitrogens with zero attached hydrogens (tertiary/aromatic N) is 3. The molecule has 0 radical (unpaired) electrons. The highest BCUT2D eigenvalue weighted by molar-refractivity contribution is 5.88. The van der Waals surface area contributed by atoms with Crippen molar-refractivity contribution in [1.29, 1.82) is 0 Å². The van der Waals surface area contributed by atoms with E-state index < -0.39 is 17.4 Å². The molecule has 1 aromatic carbocycles. The largest absolute Gasteiger partial charge is 0.363 e. The van der Waals surface area contributed by atoms with Gasteiger partial charge in [0.05, 0.1) is 0 Å². The van der Waals surface area contributed by atoms with E-state index >= 15 is 0 Å². The maximum atomic E-state index is 13.5. The Morgan fingerprint density at radius 2 is 2.06 bits per heavy atom. The molecule has 2 rings (SSSR count). The molecule has 1 heterocycles. The topological polar surface area (TPSA) is 82.9 Å². The van der Waals surface area contributed by atoms with Crippen LogP contribution in [0.3, 0.4) is 0 Å². The molecule has 6 nitrogen and oxygen atoms in total. The Morgan fingerprint density at radius 1 is 1.41 bits per heavy atom. The molecule has 0 saturated carbocycles. The van der Waals surface area contributed by atoms with Gasteiger partial charge < -0.3 is 5.73 Å². The number of hydrogen-bond donors (Lipinski definition) is 1. The zero-order chi connectivity index (χ0) is 12.6. The van der Waals surface area contributed by atoms with Gasteiger partial charge in [0.1, 0.15) is 11.5 Å². The third kappa shape index (κ3) is 1.71. The molecule has 1 amide bonds. The Morgan fingerprint density at radius 3 is 2.59 bits per heavy atom. The van der Waals surface area contributed by atoms with E-state index in [1.165, 1.54) is 25.2 Å². The zero-order valence-electron chi connectivity index (χ0n) is 8.92. The summed E-state index contributed by atoms with van der Waals surface area (Å²) in [6.45, 7) is 0. The fourth-order valence-corrected chi connectivity index (χ4v) is 1.43. The number of halogens is 1. The van der Waals surface area contributed by atoms with Crippen molar-refractivity contribution >= 4 is 5.91 Å². The zero-order valence-corrected chi connectivity index (χ0v) is 8.92. The summed E-state index contributed by atoms with van der Waals surface area (Å²) in [5.74, 6) is -1.68. The van der Waals surface area contributed by atoms with Crippen LogP contribution in [0, 0.1) is 5.82 Å². The van der Waals surface area contributed by atoms with Crippen LogP contribution in [-0.2, 0) is 7.05 Å². The molecule has 0 saturated heterocycles. The Hall–Kier alpha value is -2.44. The molecule has 0 aliphatic carbocycles. The second kappa shape index (κ2) is 3.85. The molecule has 0 aliphatic heterocycles. The molecule has 17 heavy (non-hydrogen) atoms. The van der Waals surface area contributed by atoms with E-state index in [2.05, 4.69) is 5.10 Å². The van der Waals surface area contributed by atoms with Crippen LogP contribution in [0.1, 0.15) is 10.6 Å². The monoisotopic (exact) mass is 236 g/mol. The van der Waals surface area contributed by atoms with Crippen molar-refractivity contribution in [3.05, 3.63) is 46.4 Å². The van der Waals surface area contributed by atoms with Crippen LogP contribution >= 0.6 is 0 Å². The van der Waals surface area contributed by atoms with E-state index in [9.17, 15) is 14.0 Å². The summed E-state index contributed by atoms with van der Waals surface area (Å²) in [5.41, 5.74) is 4.38. The van der Waals surface area contributed by atoms with Crippen LogP contribution in [0.2, 0.25) is 0 Å². The highest BCUT2D eigenvalue weighted by Gasteiger charge is 2.17. The van der Waals surface area contributed by atoms with Gasteiger partial charge in [-0.3, -0.25) is 9.36 Å². The van der Waals surface area contributed by atoms with Gasteiger partial charge in [-0.25, -0.2) is 9.18 Å². The van der Waals surface area contributed by atoms with Crippen LogP contribution in [0.5, 0.6) is 0 Å². The first-order valence-corrected chi connectivity index (χ1v) is 4.73. The number of benzene rings is 1. The summed E-state index contributed by atoms with van der Waals surface area (Å²) < 4.78 is 15.2. The lowest BCUT2D eigenvalue weighted by molar-refractivity contribution is 0.0986. The molecule has 1 aromatic heterocycles. The first kappa shape index (κ1) is 11.1. The quantitative estimate of drug-likeness (QED) is 0.784. The molecule has 0 bridgehead atoms. The van der Waals surface area contributed by atoms with Gasteiger partial charge in [0.25, 0.3) is 5.91 Å². The molecule has 0 atom stereocenters. The average molecular weight is 236 g/mol. The Bertz CT molecular complexity index is 644. The lowest BCUT2D eigenvalue weighted by Gasteiger charge is -1.99. The fraction of sp³-hybridized carbons (Fsp3) is 0.100. The minimum Gasteiger partial charge on any atom is -0.363 e. The van der Waals surface area contributed by atoms with Gasteiger partial charge in [0.15, 0.2) is 0 Å². The van der Waals surface area contributed by atoms with Crippen LogP contribution in [0.25, 0.3) is 5.69 Å². The van der Waals surface area contributed by atoms with Gasteiger partial charge in [-0.2, -0.15) is 4.68 Å². The normalized spacial score (nSPS) is 10.5. The molecular weight excluding hydrogens is 227 g/mol. The average Bonchev–Trinajstić information content (AvgIpc) is 2.57. The molecule has 7 heteroatoms. The number of primary amides is 1. The standard InChI is InChI=1S/C10H9FN4O2/c1-14-9(8(12)16)13-15(10(14)17)7-5-3-2-4-6(7)11/h2-5H,1H3,(H2,12,16). The van der Waals surface area contributed by atoms with Crippen LogP contribution in [-0.4, -0.2) is 20.3 Å². The first-order valence-electron chi connectivity index (χ1n) is 4.73. The molecule has 0 aliphatic rings. The van der Waals surface area contributed by atoms with Crippen molar-refractivity contribution in [2.75, 3.05) is 0 Å². The van der Waals surface area contributed by atoms with Crippen molar-refractivity contribution in [3.63, 3.8) is 0 Å². The minimum absolute atomic E-state index is 0.0272. The van der Waals surface area contributed by atoms with E-state index in [0.29, 0.717) is 0 Å². The third-order valence-electron chi connectivity index (χ3n) is 2.28. The van der Waals surface area contributed by atoms with E-state index in [-0.39, 0.29) is 11.5 Å². The maximum Gasteiger partial charge on any atom is 0.350 e. The summed E-state index contributed by atoms with van der Waals surface area (Å²) in [6, 6.07) is 5.63. The number of nitrogens with two attached hydrogens (primary N) is 1. The predicted molar refractivity (Wildman–Crippen MR) is 57.3 cm³/mol. The van der Waals surface area contributed by atoms with E-state index in [1.807, 2.05) is 0 Å². The van der Waals surface area contributed by atoms with Gasteiger partial charge in [0, 0.05) is 7.05 Å². The summed E-state index contributed by atoms with van der Waals surface area (Å²) in [7, 11) is 1.34. The van der Waals surface area contributed by atoms with Gasteiger partial charge in [-0.05, 0) is 12.1 Å². The summed E-state index contributed by atoms with van der Waals surface area (Å²) in [4.78, 5) is 22.7. The maximum absolute atomic E-state index is 13.5. The highest BCUT2D eigenvalue weighted by atomic mass is 19.1. The Kier molecular flexibility index (Phi) is 2.51. The van der Waals surface area contributed by atoms with E-state index in [1.54, 1.807) is 6.07 Å². The number of hydrogen-bond acceptors (Lipinski definition) is 3. The van der Waals surface area contributed by atoms with E-state index in [4.69, 9.17) is 5.73 Å². The number of amides is 1. The first-order chi connectivity index (χ1) is 8.02. The molecular formula is C10H9FN4O2. The van der Waals surface area contributed by atoms with Gasteiger partial charge >= 0.3 is 5.69 Å². The molecule has 88 valence electrons. The van der Waals surface area contributed by atoms with Crippen molar-refractivity contribution in [1.82, 2.24) is 14.3 Å². The van der Waals surface area contributed by atoms with Crippen LogP contribution in [0.15, 0.2) is 29.1 Å². The molecule has 2 aromatic rings. The molecule has 2 N–H and O–H groups in total. The summed E-state index contributed by atoms with van der Waals surface area (Å²) in [6.07, 6.45) is 0.